The van der Waals surface area contributed by atoms with Crippen molar-refractivity contribution in [3.05, 3.63) is 21.9 Å². The highest BCUT2D eigenvalue weighted by Crippen LogP contribution is 2.30. The molecule has 0 fully saturated rings. The van der Waals surface area contributed by atoms with Crippen LogP contribution in [0.5, 0.6) is 0 Å². The molecule has 0 aliphatic rings. The molecule has 2 heterocycles. The van der Waals surface area contributed by atoms with Crippen LogP contribution in [0.1, 0.15) is 26.5 Å². The predicted octanol–water partition coefficient (Wildman–Crippen LogP) is 5.60. The Morgan fingerprint density at radius 2 is 1.87 bits per heavy atom. The highest BCUT2D eigenvalue weighted by Gasteiger charge is 2.25. The molecule has 0 N–H and O–H groups in total. The fourth-order valence-electron chi connectivity index (χ4n) is 2.79. The number of aromatic nitrogens is 3. The Balaban J connectivity index is 2.28. The van der Waals surface area contributed by atoms with Crippen LogP contribution in [0, 0.1) is 5.82 Å². The molecule has 174 valence electrons. The molecule has 0 radical (unpaired) electrons. The minimum Gasteiger partial charge on any atom is -0.444 e. The minimum atomic E-state index is -1.27. The molecule has 0 unspecified atom stereocenters. The van der Waals surface area contributed by atoms with Crippen LogP contribution in [0.15, 0.2) is 0 Å². The van der Waals surface area contributed by atoms with Crippen LogP contribution in [0.4, 0.5) is 9.18 Å². The van der Waals surface area contributed by atoms with Crippen molar-refractivity contribution < 1.29 is 18.7 Å². The van der Waals surface area contributed by atoms with Gasteiger partial charge in [-0.2, -0.15) is 4.98 Å². The van der Waals surface area contributed by atoms with Crippen LogP contribution in [0.25, 0.3) is 11.0 Å². The number of hydrogen-bond donors (Lipinski definition) is 0. The SMILES string of the molecule is CN(CCc1c(F)c2c(Cl)nc(Cl)nc2n1COCC[Si](C)(C)C)C(=O)OC(C)(C)C. The number of likely N-dealkylation sites (N-methyl/N-ethyl adjacent to an activating group) is 1. The van der Waals surface area contributed by atoms with E-state index in [9.17, 15) is 4.79 Å². The van der Waals surface area contributed by atoms with Crippen LogP contribution in [0.3, 0.4) is 0 Å². The molecule has 1 amide bonds. The molecular formula is C20H31Cl2FN4O3Si. The summed E-state index contributed by atoms with van der Waals surface area (Å²) in [7, 11) is 0.332. The third kappa shape index (κ3) is 7.30. The Morgan fingerprint density at radius 3 is 2.45 bits per heavy atom. The second kappa shape index (κ2) is 10.0. The van der Waals surface area contributed by atoms with Crippen molar-refractivity contribution >= 4 is 48.4 Å². The third-order valence-corrected chi connectivity index (χ3v) is 6.63. The molecule has 2 aromatic heterocycles. The molecule has 11 heteroatoms. The summed E-state index contributed by atoms with van der Waals surface area (Å²) in [6, 6.07) is 0.974. The van der Waals surface area contributed by atoms with Gasteiger partial charge in [0.25, 0.3) is 0 Å². The van der Waals surface area contributed by atoms with Gasteiger partial charge in [-0.15, -0.1) is 0 Å². The van der Waals surface area contributed by atoms with Gasteiger partial charge in [-0.1, -0.05) is 31.2 Å². The number of halogens is 3. The summed E-state index contributed by atoms with van der Waals surface area (Å²) >= 11 is 12.1. The maximum Gasteiger partial charge on any atom is 0.410 e. The second-order valence-electron chi connectivity index (χ2n) is 9.67. The van der Waals surface area contributed by atoms with Crippen LogP contribution in [-0.4, -0.2) is 59.4 Å². The summed E-state index contributed by atoms with van der Waals surface area (Å²) < 4.78 is 28.1. The zero-order valence-electron chi connectivity index (χ0n) is 19.2. The summed E-state index contributed by atoms with van der Waals surface area (Å²) in [5.74, 6) is -0.539. The van der Waals surface area contributed by atoms with E-state index in [-0.39, 0.29) is 41.2 Å². The number of amides is 1. The van der Waals surface area contributed by atoms with Gasteiger partial charge in [-0.3, -0.25) is 0 Å². The molecule has 0 saturated heterocycles. The van der Waals surface area contributed by atoms with Crippen molar-refractivity contribution in [2.24, 2.45) is 0 Å². The van der Waals surface area contributed by atoms with E-state index in [1.165, 1.54) is 4.90 Å². The first-order chi connectivity index (χ1) is 14.2. The molecule has 2 aromatic rings. The Bertz CT molecular complexity index is 941. The van der Waals surface area contributed by atoms with E-state index in [0.717, 1.165) is 6.04 Å². The minimum absolute atomic E-state index is 0.0601. The lowest BCUT2D eigenvalue weighted by molar-refractivity contribution is 0.0298. The number of carbonyl (C=O) groups is 1. The molecule has 7 nitrogen and oxygen atoms in total. The van der Waals surface area contributed by atoms with E-state index < -0.39 is 25.6 Å². The normalized spacial score (nSPS) is 12.5. The Labute approximate surface area is 193 Å². The van der Waals surface area contributed by atoms with E-state index in [1.807, 2.05) is 0 Å². The first kappa shape index (κ1) is 25.8. The number of carbonyl (C=O) groups excluding carboxylic acids is 1. The van der Waals surface area contributed by atoms with Crippen molar-refractivity contribution in [1.29, 1.82) is 0 Å². The average molecular weight is 493 g/mol. The van der Waals surface area contributed by atoms with E-state index >= 15 is 4.39 Å². The smallest absolute Gasteiger partial charge is 0.410 e. The van der Waals surface area contributed by atoms with Gasteiger partial charge >= 0.3 is 6.09 Å². The third-order valence-electron chi connectivity index (χ3n) is 4.48. The second-order valence-corrected chi connectivity index (χ2v) is 16.0. The fourth-order valence-corrected chi connectivity index (χ4v) is 4.01. The lowest BCUT2D eigenvalue weighted by Gasteiger charge is -2.24. The van der Waals surface area contributed by atoms with Crippen molar-refractivity contribution in [2.75, 3.05) is 20.2 Å². The Kier molecular flexibility index (Phi) is 8.35. The predicted molar refractivity (Wildman–Crippen MR) is 124 cm³/mol. The van der Waals surface area contributed by atoms with Crippen molar-refractivity contribution in [3.8, 4) is 0 Å². The number of fused-ring (bicyclic) bond motifs is 1. The van der Waals surface area contributed by atoms with Gasteiger partial charge in [-0.05, 0) is 38.4 Å². The van der Waals surface area contributed by atoms with E-state index in [0.29, 0.717) is 12.3 Å². The van der Waals surface area contributed by atoms with E-state index in [1.54, 1.807) is 32.4 Å². The molecule has 2 rings (SSSR count). The maximum atomic E-state index is 15.3. The van der Waals surface area contributed by atoms with Gasteiger partial charge in [0.15, 0.2) is 11.5 Å². The van der Waals surface area contributed by atoms with Crippen LogP contribution in [-0.2, 0) is 22.6 Å². The summed E-state index contributed by atoms with van der Waals surface area (Å²) in [4.78, 5) is 21.7. The van der Waals surface area contributed by atoms with Gasteiger partial charge in [-0.25, -0.2) is 14.2 Å². The van der Waals surface area contributed by atoms with E-state index in [2.05, 4.69) is 29.6 Å². The molecule has 0 atom stereocenters. The first-order valence-electron chi connectivity index (χ1n) is 10.1. The zero-order chi connectivity index (χ0) is 23.6. The standard InChI is InChI=1S/C20H31Cl2FN4O3Si/c1-20(2,3)30-19(28)26(4)9-8-13-15(23)14-16(21)24-18(22)25-17(14)27(13)12-29-10-11-31(5,6)7/h8-12H2,1-7H3. The lowest BCUT2D eigenvalue weighted by Crippen LogP contribution is -2.35. The molecule has 0 bridgehead atoms. The summed E-state index contributed by atoms with van der Waals surface area (Å²) in [6.45, 7) is 13.0. The molecule has 0 aliphatic carbocycles. The number of nitrogens with zero attached hydrogens (tertiary/aromatic N) is 4. The zero-order valence-corrected chi connectivity index (χ0v) is 21.7. The average Bonchev–Trinajstić information content (AvgIpc) is 2.85. The number of hydrogen-bond acceptors (Lipinski definition) is 5. The fraction of sp³-hybridized carbons (Fsp3) is 0.650. The molecular weight excluding hydrogens is 462 g/mol. The van der Waals surface area contributed by atoms with Crippen molar-refractivity contribution in [1.82, 2.24) is 19.4 Å². The van der Waals surface area contributed by atoms with Gasteiger partial charge in [0.05, 0.1) is 11.1 Å². The quantitative estimate of drug-likeness (QED) is 0.207. The molecule has 31 heavy (non-hydrogen) atoms. The monoisotopic (exact) mass is 492 g/mol. The van der Waals surface area contributed by atoms with Gasteiger partial charge in [0.2, 0.25) is 5.28 Å². The van der Waals surface area contributed by atoms with Crippen LogP contribution in [0.2, 0.25) is 36.1 Å². The van der Waals surface area contributed by atoms with Crippen molar-refractivity contribution in [2.45, 2.75) is 65.2 Å². The van der Waals surface area contributed by atoms with Crippen LogP contribution < -0.4 is 0 Å². The van der Waals surface area contributed by atoms with E-state index in [4.69, 9.17) is 32.7 Å². The van der Waals surface area contributed by atoms with Gasteiger partial charge in [0, 0.05) is 34.7 Å². The highest BCUT2D eigenvalue weighted by molar-refractivity contribution is 6.76. The highest BCUT2D eigenvalue weighted by atomic mass is 35.5. The number of rotatable bonds is 8. The number of ether oxygens (including phenoxy) is 2. The first-order valence-corrected chi connectivity index (χ1v) is 14.6. The van der Waals surface area contributed by atoms with Gasteiger partial charge < -0.3 is 18.9 Å². The summed E-state index contributed by atoms with van der Waals surface area (Å²) in [6.07, 6.45) is -0.272. The summed E-state index contributed by atoms with van der Waals surface area (Å²) in [5.41, 5.74) is -0.0300. The lowest BCUT2D eigenvalue weighted by atomic mass is 10.2. The summed E-state index contributed by atoms with van der Waals surface area (Å²) in [5, 5.41) is -0.0411. The molecule has 0 aromatic carbocycles. The Morgan fingerprint density at radius 1 is 1.23 bits per heavy atom. The maximum absolute atomic E-state index is 15.3. The van der Waals surface area contributed by atoms with Gasteiger partial charge in [0.1, 0.15) is 17.5 Å². The van der Waals surface area contributed by atoms with Crippen LogP contribution >= 0.6 is 23.2 Å². The van der Waals surface area contributed by atoms with Crippen molar-refractivity contribution in [3.63, 3.8) is 0 Å². The molecule has 0 aliphatic heterocycles. The largest absolute Gasteiger partial charge is 0.444 e. The molecule has 0 spiro atoms. The Hall–Kier alpha value is -1.42. The molecule has 0 saturated carbocycles. The topological polar surface area (TPSA) is 69.5 Å².